The van der Waals surface area contributed by atoms with Crippen LogP contribution in [0.2, 0.25) is 0 Å². The van der Waals surface area contributed by atoms with E-state index in [4.69, 9.17) is 4.74 Å². The molecule has 0 saturated carbocycles. The highest BCUT2D eigenvalue weighted by Crippen LogP contribution is 2.20. The van der Waals surface area contributed by atoms with Gasteiger partial charge < -0.3 is 14.6 Å². The topological polar surface area (TPSA) is 61.5 Å². The van der Waals surface area contributed by atoms with E-state index in [1.54, 1.807) is 7.11 Å². The second-order valence-electron chi connectivity index (χ2n) is 6.11. The van der Waals surface area contributed by atoms with Crippen LogP contribution in [-0.2, 0) is 6.54 Å². The van der Waals surface area contributed by atoms with Crippen molar-refractivity contribution in [2.45, 2.75) is 6.54 Å². The highest BCUT2D eigenvalue weighted by Gasteiger charge is 2.23. The Balaban J connectivity index is 1.37. The Morgan fingerprint density at radius 3 is 2.84 bits per heavy atom. The molecule has 2 aromatic heterocycles. The molecule has 1 fully saturated rings. The number of carbonyl (C=O) groups is 1. The van der Waals surface area contributed by atoms with E-state index in [1.807, 2.05) is 40.6 Å². The number of nitrogens with one attached hydrogen (secondary N) is 1. The first-order chi connectivity index (χ1) is 12.2. The van der Waals surface area contributed by atoms with Gasteiger partial charge in [0.25, 0.3) is 5.91 Å². The van der Waals surface area contributed by atoms with Crippen LogP contribution in [-0.4, -0.2) is 59.0 Å². The van der Waals surface area contributed by atoms with Crippen molar-refractivity contribution in [2.24, 2.45) is 0 Å². The summed E-state index contributed by atoms with van der Waals surface area (Å²) in [6.45, 7) is 3.99. The SMILES string of the molecule is COc1ccc2nc(CN3CCN(C(=O)c4cccs4)CC3)[nH]c2c1. The molecule has 1 amide bonds. The van der Waals surface area contributed by atoms with Crippen molar-refractivity contribution in [2.75, 3.05) is 33.3 Å². The number of methoxy groups -OCH3 is 1. The molecule has 1 N–H and O–H groups in total. The molecule has 25 heavy (non-hydrogen) atoms. The van der Waals surface area contributed by atoms with Crippen LogP contribution in [0, 0.1) is 0 Å². The summed E-state index contributed by atoms with van der Waals surface area (Å²) >= 11 is 1.50. The number of hydrogen-bond acceptors (Lipinski definition) is 5. The van der Waals surface area contributed by atoms with Crippen molar-refractivity contribution in [3.8, 4) is 5.75 Å². The van der Waals surface area contributed by atoms with Gasteiger partial charge >= 0.3 is 0 Å². The van der Waals surface area contributed by atoms with E-state index < -0.39 is 0 Å². The molecule has 0 bridgehead atoms. The molecule has 1 aromatic carbocycles. The van der Waals surface area contributed by atoms with E-state index >= 15 is 0 Å². The summed E-state index contributed by atoms with van der Waals surface area (Å²) in [7, 11) is 1.66. The number of aromatic nitrogens is 2. The third-order valence-corrected chi connectivity index (χ3v) is 5.36. The van der Waals surface area contributed by atoms with Crippen LogP contribution < -0.4 is 4.74 Å². The van der Waals surface area contributed by atoms with Gasteiger partial charge in [0, 0.05) is 32.2 Å². The van der Waals surface area contributed by atoms with Gasteiger partial charge in [-0.15, -0.1) is 11.3 Å². The first-order valence-corrected chi connectivity index (χ1v) is 9.18. The summed E-state index contributed by atoms with van der Waals surface area (Å²) in [6.07, 6.45) is 0. The zero-order chi connectivity index (χ0) is 17.2. The van der Waals surface area contributed by atoms with Crippen LogP contribution in [0.25, 0.3) is 11.0 Å². The number of rotatable bonds is 4. The first-order valence-electron chi connectivity index (χ1n) is 8.31. The van der Waals surface area contributed by atoms with Crippen molar-refractivity contribution in [1.82, 2.24) is 19.8 Å². The predicted octanol–water partition coefficient (Wildman–Crippen LogP) is 2.59. The van der Waals surface area contributed by atoms with E-state index in [0.717, 1.165) is 60.2 Å². The minimum absolute atomic E-state index is 0.144. The molecular formula is C18H20N4O2S. The number of aromatic amines is 1. The number of fused-ring (bicyclic) bond motifs is 1. The summed E-state index contributed by atoms with van der Waals surface area (Å²) in [6, 6.07) is 9.66. The quantitative estimate of drug-likeness (QED) is 0.781. The zero-order valence-corrected chi connectivity index (χ0v) is 14.9. The Kier molecular flexibility index (Phi) is 4.42. The molecule has 4 rings (SSSR count). The van der Waals surface area contributed by atoms with Crippen LogP contribution in [0.4, 0.5) is 0 Å². The lowest BCUT2D eigenvalue weighted by Crippen LogP contribution is -2.48. The number of amides is 1. The number of carbonyl (C=O) groups excluding carboxylic acids is 1. The van der Waals surface area contributed by atoms with E-state index in [1.165, 1.54) is 11.3 Å². The summed E-state index contributed by atoms with van der Waals surface area (Å²) in [5, 5.41) is 1.94. The smallest absolute Gasteiger partial charge is 0.264 e. The van der Waals surface area contributed by atoms with Gasteiger partial charge in [-0.25, -0.2) is 4.98 Å². The van der Waals surface area contributed by atoms with E-state index in [9.17, 15) is 4.79 Å². The molecule has 0 aliphatic carbocycles. The van der Waals surface area contributed by atoms with Crippen LogP contribution >= 0.6 is 11.3 Å². The highest BCUT2D eigenvalue weighted by molar-refractivity contribution is 7.12. The van der Waals surface area contributed by atoms with Gasteiger partial charge in [0.1, 0.15) is 11.6 Å². The molecule has 1 saturated heterocycles. The number of piperazine rings is 1. The monoisotopic (exact) mass is 356 g/mol. The number of benzene rings is 1. The Morgan fingerprint density at radius 1 is 1.28 bits per heavy atom. The van der Waals surface area contributed by atoms with E-state index in [2.05, 4.69) is 14.9 Å². The van der Waals surface area contributed by atoms with Crippen molar-refractivity contribution in [3.05, 3.63) is 46.4 Å². The lowest BCUT2D eigenvalue weighted by Gasteiger charge is -2.34. The molecule has 3 heterocycles. The van der Waals surface area contributed by atoms with Crippen molar-refractivity contribution < 1.29 is 9.53 Å². The Labute approximate surface area is 150 Å². The van der Waals surface area contributed by atoms with Crippen molar-refractivity contribution in [3.63, 3.8) is 0 Å². The van der Waals surface area contributed by atoms with Gasteiger partial charge in [-0.2, -0.15) is 0 Å². The third kappa shape index (κ3) is 3.38. The fourth-order valence-electron chi connectivity index (χ4n) is 3.12. The summed E-state index contributed by atoms with van der Waals surface area (Å²) in [5.74, 6) is 1.91. The molecule has 0 spiro atoms. The fourth-order valence-corrected chi connectivity index (χ4v) is 3.81. The number of ether oxygens (including phenoxy) is 1. The van der Waals surface area contributed by atoms with Crippen LogP contribution in [0.3, 0.4) is 0 Å². The van der Waals surface area contributed by atoms with Gasteiger partial charge in [-0.3, -0.25) is 9.69 Å². The largest absolute Gasteiger partial charge is 0.497 e. The maximum absolute atomic E-state index is 12.4. The fraction of sp³-hybridized carbons (Fsp3) is 0.333. The molecule has 7 heteroatoms. The zero-order valence-electron chi connectivity index (χ0n) is 14.1. The van der Waals surface area contributed by atoms with Crippen LogP contribution in [0.5, 0.6) is 5.75 Å². The maximum Gasteiger partial charge on any atom is 0.264 e. The Bertz CT molecular complexity index is 866. The minimum Gasteiger partial charge on any atom is -0.497 e. The summed E-state index contributed by atoms with van der Waals surface area (Å²) in [5.41, 5.74) is 1.93. The molecule has 1 aliphatic rings. The molecule has 0 atom stereocenters. The Morgan fingerprint density at radius 2 is 2.12 bits per heavy atom. The average Bonchev–Trinajstić information content (AvgIpc) is 3.30. The highest BCUT2D eigenvalue weighted by atomic mass is 32.1. The van der Waals surface area contributed by atoms with Crippen molar-refractivity contribution in [1.29, 1.82) is 0 Å². The minimum atomic E-state index is 0.144. The molecule has 1 aliphatic heterocycles. The van der Waals surface area contributed by atoms with Gasteiger partial charge in [0.05, 0.1) is 29.6 Å². The van der Waals surface area contributed by atoms with Crippen LogP contribution in [0.15, 0.2) is 35.7 Å². The van der Waals surface area contributed by atoms with Gasteiger partial charge in [-0.1, -0.05) is 6.07 Å². The normalized spacial score (nSPS) is 15.6. The number of thiophene rings is 1. The maximum atomic E-state index is 12.4. The molecule has 130 valence electrons. The second-order valence-corrected chi connectivity index (χ2v) is 7.06. The third-order valence-electron chi connectivity index (χ3n) is 4.50. The summed E-state index contributed by atoms with van der Waals surface area (Å²) in [4.78, 5) is 25.5. The molecule has 0 radical (unpaired) electrons. The lowest BCUT2D eigenvalue weighted by molar-refractivity contribution is 0.0630. The second kappa shape index (κ2) is 6.85. The van der Waals surface area contributed by atoms with E-state index in [-0.39, 0.29) is 5.91 Å². The molecular weight excluding hydrogens is 336 g/mol. The first kappa shape index (κ1) is 16.1. The molecule has 0 unspecified atom stereocenters. The number of imidazole rings is 1. The summed E-state index contributed by atoms with van der Waals surface area (Å²) < 4.78 is 5.25. The molecule has 6 nitrogen and oxygen atoms in total. The van der Waals surface area contributed by atoms with Gasteiger partial charge in [0.15, 0.2) is 0 Å². The lowest BCUT2D eigenvalue weighted by atomic mass is 10.3. The van der Waals surface area contributed by atoms with Gasteiger partial charge in [-0.05, 0) is 23.6 Å². The Hall–Kier alpha value is -2.38. The van der Waals surface area contributed by atoms with Crippen LogP contribution in [0.1, 0.15) is 15.5 Å². The number of H-pyrrole nitrogens is 1. The number of nitrogens with zero attached hydrogens (tertiary/aromatic N) is 3. The number of hydrogen-bond donors (Lipinski definition) is 1. The van der Waals surface area contributed by atoms with Crippen molar-refractivity contribution >= 4 is 28.3 Å². The average molecular weight is 356 g/mol. The van der Waals surface area contributed by atoms with E-state index in [0.29, 0.717) is 0 Å². The van der Waals surface area contributed by atoms with Gasteiger partial charge in [0.2, 0.25) is 0 Å². The molecule has 3 aromatic rings. The standard InChI is InChI=1S/C18H20N4O2S/c1-24-13-4-5-14-15(11-13)20-17(19-14)12-21-6-8-22(9-7-21)18(23)16-3-2-10-25-16/h2-5,10-11H,6-9,12H2,1H3,(H,19,20). The predicted molar refractivity (Wildman–Crippen MR) is 98.1 cm³/mol.